The quantitative estimate of drug-likeness (QED) is 0.677. The summed E-state index contributed by atoms with van der Waals surface area (Å²) in [6.45, 7) is 1.95. The first-order chi connectivity index (χ1) is 13.9. The van der Waals surface area contributed by atoms with E-state index in [0.29, 0.717) is 26.3 Å². The summed E-state index contributed by atoms with van der Waals surface area (Å²) in [5.41, 5.74) is 2.94. The van der Waals surface area contributed by atoms with Gasteiger partial charge in [-0.1, -0.05) is 59.2 Å². The maximum atomic E-state index is 12.3. The van der Waals surface area contributed by atoms with E-state index >= 15 is 0 Å². The molecule has 1 aliphatic heterocycles. The molecule has 2 amide bonds. The van der Waals surface area contributed by atoms with Crippen molar-refractivity contribution in [1.29, 1.82) is 5.26 Å². The minimum Gasteiger partial charge on any atom is -0.325 e. The summed E-state index contributed by atoms with van der Waals surface area (Å²) in [5.74, 6) is -0.757. The van der Waals surface area contributed by atoms with Crippen molar-refractivity contribution in [2.24, 2.45) is 0 Å². The summed E-state index contributed by atoms with van der Waals surface area (Å²) in [4.78, 5) is 24.5. The molecule has 5 nitrogen and oxygen atoms in total. The van der Waals surface area contributed by atoms with Gasteiger partial charge in [0.25, 0.3) is 0 Å². The average molecular weight is 446 g/mol. The summed E-state index contributed by atoms with van der Waals surface area (Å²) in [7, 11) is 0. The third-order valence-corrected chi connectivity index (χ3v) is 6.23. The number of anilines is 1. The highest BCUT2D eigenvalue weighted by atomic mass is 35.5. The van der Waals surface area contributed by atoms with Gasteiger partial charge in [0.05, 0.1) is 32.5 Å². The van der Waals surface area contributed by atoms with Crippen molar-refractivity contribution >= 4 is 52.5 Å². The Bertz CT molecular complexity index is 1050. The molecule has 0 unspecified atom stereocenters. The number of nitrogens with zero attached hydrogens (tertiary/aromatic N) is 1. The van der Waals surface area contributed by atoms with E-state index in [9.17, 15) is 14.9 Å². The number of nitrogens with one attached hydrogen (secondary N) is 2. The number of carbonyl (C=O) groups excluding carboxylic acids is 2. The molecule has 0 radical (unpaired) electrons. The SMILES string of the molecule is Cc1ccccc1[C@H]1CC(=O)NC(SCC(=O)Nc2ccc(Cl)c(Cl)c2)=C1C#N. The lowest BCUT2D eigenvalue weighted by Gasteiger charge is -2.26. The second-order valence-electron chi connectivity index (χ2n) is 6.48. The van der Waals surface area contributed by atoms with Crippen molar-refractivity contribution < 1.29 is 9.59 Å². The van der Waals surface area contributed by atoms with Crippen molar-refractivity contribution in [2.45, 2.75) is 19.3 Å². The molecule has 148 valence electrons. The summed E-state index contributed by atoms with van der Waals surface area (Å²) >= 11 is 13.0. The number of allylic oxidation sites excluding steroid dienone is 1. The summed E-state index contributed by atoms with van der Waals surface area (Å²) in [6.07, 6.45) is 0.202. The zero-order valence-electron chi connectivity index (χ0n) is 15.5. The molecule has 2 N–H and O–H groups in total. The van der Waals surface area contributed by atoms with Gasteiger partial charge in [0, 0.05) is 18.0 Å². The van der Waals surface area contributed by atoms with Crippen LogP contribution in [0.4, 0.5) is 5.69 Å². The van der Waals surface area contributed by atoms with E-state index in [1.807, 2.05) is 31.2 Å². The van der Waals surface area contributed by atoms with Gasteiger partial charge in [-0.2, -0.15) is 5.26 Å². The number of hydrogen-bond acceptors (Lipinski definition) is 4. The van der Waals surface area contributed by atoms with E-state index in [1.165, 1.54) is 0 Å². The number of amides is 2. The van der Waals surface area contributed by atoms with Crippen molar-refractivity contribution in [3.63, 3.8) is 0 Å². The van der Waals surface area contributed by atoms with Crippen LogP contribution in [0.25, 0.3) is 0 Å². The van der Waals surface area contributed by atoms with Gasteiger partial charge in [-0.05, 0) is 36.2 Å². The molecule has 0 aliphatic carbocycles. The smallest absolute Gasteiger partial charge is 0.234 e. The van der Waals surface area contributed by atoms with E-state index < -0.39 is 0 Å². The molecule has 2 aromatic carbocycles. The van der Waals surface area contributed by atoms with Gasteiger partial charge in [-0.15, -0.1) is 0 Å². The van der Waals surface area contributed by atoms with Crippen LogP contribution in [0.5, 0.6) is 0 Å². The monoisotopic (exact) mass is 445 g/mol. The molecule has 0 aromatic heterocycles. The van der Waals surface area contributed by atoms with Crippen LogP contribution in [0.1, 0.15) is 23.5 Å². The van der Waals surface area contributed by atoms with Crippen molar-refractivity contribution in [2.75, 3.05) is 11.1 Å². The van der Waals surface area contributed by atoms with E-state index in [0.717, 1.165) is 22.9 Å². The Morgan fingerprint density at radius 1 is 1.28 bits per heavy atom. The van der Waals surface area contributed by atoms with E-state index in [1.54, 1.807) is 18.2 Å². The fourth-order valence-electron chi connectivity index (χ4n) is 3.09. The third-order valence-electron chi connectivity index (χ3n) is 4.47. The summed E-state index contributed by atoms with van der Waals surface area (Å²) in [5, 5.41) is 16.3. The first-order valence-corrected chi connectivity index (χ1v) is 10.5. The fraction of sp³-hybridized carbons (Fsp3) is 0.190. The molecule has 1 aliphatic rings. The average Bonchev–Trinajstić information content (AvgIpc) is 2.69. The zero-order chi connectivity index (χ0) is 21.0. The Morgan fingerprint density at radius 3 is 2.72 bits per heavy atom. The van der Waals surface area contributed by atoms with Gasteiger partial charge in [-0.3, -0.25) is 9.59 Å². The highest BCUT2D eigenvalue weighted by Gasteiger charge is 2.30. The number of carbonyl (C=O) groups is 2. The Morgan fingerprint density at radius 2 is 2.03 bits per heavy atom. The minimum absolute atomic E-state index is 0.0293. The number of hydrogen-bond donors (Lipinski definition) is 2. The maximum Gasteiger partial charge on any atom is 0.234 e. The van der Waals surface area contributed by atoms with Crippen molar-refractivity contribution in [3.05, 3.63) is 74.2 Å². The minimum atomic E-state index is -0.324. The Balaban J connectivity index is 1.76. The summed E-state index contributed by atoms with van der Waals surface area (Å²) in [6, 6.07) is 14.7. The van der Waals surface area contributed by atoms with Crippen molar-refractivity contribution in [1.82, 2.24) is 5.32 Å². The maximum absolute atomic E-state index is 12.3. The number of benzene rings is 2. The molecule has 0 saturated carbocycles. The van der Waals surface area contributed by atoms with Crippen LogP contribution in [0.15, 0.2) is 53.1 Å². The molecule has 0 bridgehead atoms. The highest BCUT2D eigenvalue weighted by molar-refractivity contribution is 8.03. The van der Waals surface area contributed by atoms with Gasteiger partial charge in [0.2, 0.25) is 11.8 Å². The molecule has 1 heterocycles. The van der Waals surface area contributed by atoms with E-state index in [-0.39, 0.29) is 29.9 Å². The van der Waals surface area contributed by atoms with Crippen LogP contribution in [0, 0.1) is 18.3 Å². The zero-order valence-corrected chi connectivity index (χ0v) is 17.8. The topological polar surface area (TPSA) is 82.0 Å². The van der Waals surface area contributed by atoms with Gasteiger partial charge in [0.1, 0.15) is 0 Å². The molecule has 0 saturated heterocycles. The van der Waals surface area contributed by atoms with Crippen LogP contribution >= 0.6 is 35.0 Å². The molecule has 8 heteroatoms. The van der Waals surface area contributed by atoms with Crippen molar-refractivity contribution in [3.8, 4) is 6.07 Å². The molecule has 1 atom stereocenters. The van der Waals surface area contributed by atoms with E-state index in [4.69, 9.17) is 23.2 Å². The predicted molar refractivity (Wildman–Crippen MR) is 117 cm³/mol. The van der Waals surface area contributed by atoms with Crippen LogP contribution in [-0.2, 0) is 9.59 Å². The fourth-order valence-corrected chi connectivity index (χ4v) is 4.26. The molecule has 3 rings (SSSR count). The van der Waals surface area contributed by atoms with Crippen LogP contribution in [-0.4, -0.2) is 17.6 Å². The second-order valence-corrected chi connectivity index (χ2v) is 8.28. The first kappa shape index (κ1) is 21.3. The Hall–Kier alpha value is -2.46. The van der Waals surface area contributed by atoms with Gasteiger partial charge in [0.15, 0.2) is 0 Å². The lowest BCUT2D eigenvalue weighted by molar-refractivity contribution is -0.121. The van der Waals surface area contributed by atoms with Gasteiger partial charge >= 0.3 is 0 Å². The van der Waals surface area contributed by atoms with Gasteiger partial charge in [-0.25, -0.2) is 0 Å². The molecular weight excluding hydrogens is 429 g/mol. The summed E-state index contributed by atoms with van der Waals surface area (Å²) < 4.78 is 0. The number of aryl methyl sites for hydroxylation is 1. The number of halogens is 2. The predicted octanol–water partition coefficient (Wildman–Crippen LogP) is 5.01. The molecule has 0 spiro atoms. The van der Waals surface area contributed by atoms with Crippen LogP contribution in [0.2, 0.25) is 10.0 Å². The third kappa shape index (κ3) is 5.13. The number of nitriles is 1. The lowest BCUT2D eigenvalue weighted by Crippen LogP contribution is -2.31. The van der Waals surface area contributed by atoms with Crippen LogP contribution in [0.3, 0.4) is 0 Å². The molecule has 29 heavy (non-hydrogen) atoms. The normalized spacial score (nSPS) is 16.2. The molecule has 0 fully saturated rings. The standard InChI is InChI=1S/C21H17Cl2N3O2S/c1-12-4-2-3-5-14(12)15-9-19(27)26-21(16(15)10-24)29-11-20(28)25-13-6-7-17(22)18(23)8-13/h2-8,15H,9,11H2,1H3,(H,25,28)(H,26,27)/t15-/m1/s1. The molecule has 2 aromatic rings. The molecular formula is C21H17Cl2N3O2S. The van der Waals surface area contributed by atoms with Crippen LogP contribution < -0.4 is 10.6 Å². The van der Waals surface area contributed by atoms with E-state index in [2.05, 4.69) is 16.7 Å². The first-order valence-electron chi connectivity index (χ1n) is 8.76. The number of rotatable bonds is 5. The second kappa shape index (κ2) is 9.36. The highest BCUT2D eigenvalue weighted by Crippen LogP contribution is 2.37. The number of thioether (sulfide) groups is 1. The lowest BCUT2D eigenvalue weighted by atomic mass is 9.85. The van der Waals surface area contributed by atoms with Gasteiger partial charge < -0.3 is 10.6 Å². The largest absolute Gasteiger partial charge is 0.325 e. The Kier molecular flexibility index (Phi) is 6.86. The Labute approximate surface area is 183 Å².